The Morgan fingerprint density at radius 3 is 2.74 bits per heavy atom. The molecular formula is C14H22AcN3O-. The van der Waals surface area contributed by atoms with E-state index in [4.69, 9.17) is 11.0 Å². The van der Waals surface area contributed by atoms with Gasteiger partial charge >= 0.3 is 0 Å². The number of hydrogen-bond acceptors (Lipinski definition) is 3. The van der Waals surface area contributed by atoms with Gasteiger partial charge in [-0.3, -0.25) is 4.90 Å². The van der Waals surface area contributed by atoms with Crippen LogP contribution >= 0.6 is 0 Å². The van der Waals surface area contributed by atoms with Crippen molar-refractivity contribution in [3.05, 3.63) is 17.9 Å². The molecule has 1 heterocycles. The van der Waals surface area contributed by atoms with Crippen LogP contribution in [0.2, 0.25) is 0 Å². The van der Waals surface area contributed by atoms with E-state index in [1.807, 2.05) is 37.9 Å². The van der Waals surface area contributed by atoms with Crippen molar-refractivity contribution in [3.63, 3.8) is 0 Å². The van der Waals surface area contributed by atoms with Crippen molar-refractivity contribution in [2.75, 3.05) is 7.05 Å². The molecule has 0 bridgehead atoms. The summed E-state index contributed by atoms with van der Waals surface area (Å²) >= 11 is 0. The van der Waals surface area contributed by atoms with Crippen LogP contribution in [0.5, 0.6) is 0 Å². The van der Waals surface area contributed by atoms with E-state index >= 15 is 0 Å². The molecule has 0 saturated carbocycles. The van der Waals surface area contributed by atoms with Crippen molar-refractivity contribution in [1.82, 2.24) is 4.90 Å². The van der Waals surface area contributed by atoms with E-state index < -0.39 is 6.04 Å². The minimum Gasteiger partial charge on any atom is -0.667 e. The fourth-order valence-corrected chi connectivity index (χ4v) is 2.73. The van der Waals surface area contributed by atoms with Crippen LogP contribution in [-0.2, 0) is 4.79 Å². The van der Waals surface area contributed by atoms with Crippen molar-refractivity contribution in [2.45, 2.75) is 51.2 Å². The van der Waals surface area contributed by atoms with Gasteiger partial charge in [0, 0.05) is 56.5 Å². The van der Waals surface area contributed by atoms with Gasteiger partial charge in [-0.2, -0.15) is 5.26 Å². The number of allylic oxidation sites excluding steroid dienone is 1. The maximum atomic E-state index is 11.9. The average molecular weight is 475 g/mol. The second kappa shape index (κ2) is 9.24. The Balaban J connectivity index is 0.00000324. The van der Waals surface area contributed by atoms with Gasteiger partial charge in [0.2, 0.25) is 0 Å². The van der Waals surface area contributed by atoms with Gasteiger partial charge in [0.05, 0.1) is 12.1 Å². The van der Waals surface area contributed by atoms with E-state index in [0.29, 0.717) is 6.42 Å². The number of nitrogens with zero attached hydrogens (tertiary/aromatic N) is 2. The molecule has 19 heavy (non-hydrogen) atoms. The van der Waals surface area contributed by atoms with Gasteiger partial charge in [0.15, 0.2) is 0 Å². The van der Waals surface area contributed by atoms with Gasteiger partial charge in [-0.05, 0) is 32.7 Å². The Labute approximate surface area is 151 Å². The molecular weight excluding hydrogens is 453 g/mol. The zero-order valence-corrected chi connectivity index (χ0v) is 16.7. The van der Waals surface area contributed by atoms with Crippen molar-refractivity contribution >= 4 is 5.78 Å². The van der Waals surface area contributed by atoms with Crippen LogP contribution in [0, 0.1) is 61.3 Å². The largest absolute Gasteiger partial charge is 0.667 e. The minimum atomic E-state index is -0.741. The molecule has 1 N–H and O–H groups in total. The van der Waals surface area contributed by atoms with Crippen LogP contribution in [0.15, 0.2) is 12.2 Å². The van der Waals surface area contributed by atoms with E-state index in [1.165, 1.54) is 0 Å². The van der Waals surface area contributed by atoms with Crippen LogP contribution in [0.3, 0.4) is 0 Å². The Morgan fingerprint density at radius 2 is 2.26 bits per heavy atom. The SMILES string of the molecule is C/C=C\C1CC(C#N)N(C)C1C([NH-])C(=O)CCC.[Ac]. The summed E-state index contributed by atoms with van der Waals surface area (Å²) in [6, 6.07) is 1.17. The van der Waals surface area contributed by atoms with E-state index in [2.05, 4.69) is 6.07 Å². The summed E-state index contributed by atoms with van der Waals surface area (Å²) < 4.78 is 0. The van der Waals surface area contributed by atoms with Crippen molar-refractivity contribution in [2.24, 2.45) is 5.92 Å². The van der Waals surface area contributed by atoms with E-state index in [1.54, 1.807) is 0 Å². The van der Waals surface area contributed by atoms with Gasteiger partial charge in [0.1, 0.15) is 5.78 Å². The van der Waals surface area contributed by atoms with Crippen molar-refractivity contribution < 1.29 is 48.9 Å². The Hall–Kier alpha value is 0.262. The maximum absolute atomic E-state index is 11.9. The Morgan fingerprint density at radius 1 is 1.63 bits per heavy atom. The second-order valence-electron chi connectivity index (χ2n) is 4.92. The van der Waals surface area contributed by atoms with Crippen molar-refractivity contribution in [1.29, 1.82) is 5.26 Å². The van der Waals surface area contributed by atoms with Gasteiger partial charge in [-0.25, -0.2) is 0 Å². The number of hydrogen-bond donors (Lipinski definition) is 0. The molecule has 5 heteroatoms. The molecule has 4 nitrogen and oxygen atoms in total. The molecule has 103 valence electrons. The Kier molecular flexibility index (Phi) is 9.37. The monoisotopic (exact) mass is 475 g/mol. The van der Waals surface area contributed by atoms with Crippen molar-refractivity contribution in [3.8, 4) is 6.07 Å². The van der Waals surface area contributed by atoms with Crippen LogP contribution in [0.4, 0.5) is 0 Å². The number of Topliss-reactive ketones (excluding diaryl/α,β-unsaturated/α-hetero) is 1. The Bertz CT molecular complexity index is 364. The van der Waals surface area contributed by atoms with E-state index in [9.17, 15) is 4.79 Å². The van der Waals surface area contributed by atoms with Gasteiger partial charge in [-0.15, -0.1) is 0 Å². The molecule has 1 radical (unpaired) electrons. The zero-order chi connectivity index (χ0) is 13.7. The van der Waals surface area contributed by atoms with E-state index in [0.717, 1.165) is 12.8 Å². The zero-order valence-electron chi connectivity index (χ0n) is 12.0. The summed E-state index contributed by atoms with van der Waals surface area (Å²) in [5.74, 6) is 0.121. The average Bonchev–Trinajstić information content (AvgIpc) is 2.65. The molecule has 0 spiro atoms. The standard InChI is InChI=1S/C14H22N3O.Ac/c1-4-6-10-8-11(9-15)17(3)14(10)13(16)12(18)7-5-2;/h4,6,10-11,13-14,16H,5,7-8H2,1-3H3;/q-1;/b6-4-;. The smallest absolute Gasteiger partial charge is 0.116 e. The molecule has 0 aromatic carbocycles. The quantitative estimate of drug-likeness (QED) is 0.575. The first kappa shape index (κ1) is 19.3. The first-order valence-electron chi connectivity index (χ1n) is 6.55. The summed E-state index contributed by atoms with van der Waals surface area (Å²) in [5, 5.41) is 9.10. The van der Waals surface area contributed by atoms with E-state index in [-0.39, 0.29) is 67.8 Å². The minimum absolute atomic E-state index is 0. The number of carbonyl (C=O) groups excluding carboxylic acids is 1. The molecule has 0 aliphatic carbocycles. The molecule has 4 unspecified atom stereocenters. The molecule has 0 aromatic heterocycles. The second-order valence-corrected chi connectivity index (χ2v) is 4.92. The molecule has 0 amide bonds. The summed E-state index contributed by atoms with van der Waals surface area (Å²) in [6.07, 6.45) is 5.93. The maximum Gasteiger partial charge on any atom is 0.116 e. The topological polar surface area (TPSA) is 67.9 Å². The molecule has 1 rings (SSSR count). The number of likely N-dealkylation sites (tertiary alicyclic amines) is 1. The predicted octanol–water partition coefficient (Wildman–Crippen LogP) is 2.56. The number of nitriles is 1. The summed E-state index contributed by atoms with van der Waals surface area (Å²) in [6.45, 7) is 3.88. The van der Waals surface area contributed by atoms with Crippen LogP contribution in [-0.4, -0.2) is 35.9 Å². The van der Waals surface area contributed by atoms with Gasteiger partial charge < -0.3 is 10.5 Å². The normalized spacial score (nSPS) is 28.9. The first-order chi connectivity index (χ1) is 8.56. The van der Waals surface area contributed by atoms with Crippen LogP contribution in [0.1, 0.15) is 33.1 Å². The fourth-order valence-electron chi connectivity index (χ4n) is 2.73. The summed E-state index contributed by atoms with van der Waals surface area (Å²) in [4.78, 5) is 13.8. The first-order valence-corrected chi connectivity index (χ1v) is 6.55. The molecule has 1 fully saturated rings. The third kappa shape index (κ3) is 4.64. The van der Waals surface area contributed by atoms with Crippen LogP contribution in [0.25, 0.3) is 5.73 Å². The van der Waals surface area contributed by atoms with Crippen LogP contribution < -0.4 is 0 Å². The molecule has 4 atom stereocenters. The fraction of sp³-hybridized carbons (Fsp3) is 0.714. The number of carbonyl (C=O) groups is 1. The molecule has 0 aromatic rings. The predicted molar refractivity (Wildman–Crippen MR) is 71.9 cm³/mol. The molecule has 1 aliphatic rings. The molecule has 1 saturated heterocycles. The summed E-state index contributed by atoms with van der Waals surface area (Å²) in [5.41, 5.74) is 8.15. The third-order valence-electron chi connectivity index (χ3n) is 3.67. The number of ketones is 1. The molecule has 1 aliphatic heterocycles. The summed E-state index contributed by atoms with van der Waals surface area (Å²) in [7, 11) is 1.85. The number of nitrogens with one attached hydrogen (secondary N) is 1. The number of rotatable bonds is 5. The number of likely N-dealkylation sites (N-methyl/N-ethyl adjacent to an activating group) is 1. The van der Waals surface area contributed by atoms with Gasteiger partial charge in [-0.1, -0.05) is 25.1 Å². The third-order valence-corrected chi connectivity index (χ3v) is 3.67. The van der Waals surface area contributed by atoms with Gasteiger partial charge in [0.25, 0.3) is 0 Å².